The molecule has 1 aliphatic heterocycles. The molecule has 4 N–H and O–H groups in total. The molecular formula is C19H26N6O4S. The van der Waals surface area contributed by atoms with Crippen LogP contribution in [0.4, 0.5) is 16.3 Å². The summed E-state index contributed by atoms with van der Waals surface area (Å²) in [6.45, 7) is 3.97. The number of hydrogen-bond donors (Lipinski definition) is 4. The Hall–Kier alpha value is -2.66. The zero-order valence-corrected chi connectivity index (χ0v) is 17.8. The fourth-order valence-electron chi connectivity index (χ4n) is 3.88. The van der Waals surface area contributed by atoms with E-state index in [0.717, 1.165) is 25.0 Å². The van der Waals surface area contributed by atoms with Gasteiger partial charge in [0.05, 0.1) is 18.0 Å². The number of aromatic nitrogens is 3. The number of alkyl carbamates (subject to hydrolysis) is 1. The molecule has 0 spiro atoms. The van der Waals surface area contributed by atoms with Crippen LogP contribution in [-0.2, 0) is 27.1 Å². The summed E-state index contributed by atoms with van der Waals surface area (Å²) < 4.78 is 31.8. The lowest BCUT2D eigenvalue weighted by Crippen LogP contribution is -2.33. The molecule has 10 nitrogen and oxygen atoms in total. The third kappa shape index (κ3) is 4.73. The first-order valence-electron chi connectivity index (χ1n) is 10.0. The smallest absolute Gasteiger partial charge is 0.407 e. The normalized spacial score (nSPS) is 22.5. The number of carbonyl (C=O) groups is 1. The third-order valence-electron chi connectivity index (χ3n) is 5.30. The van der Waals surface area contributed by atoms with E-state index in [-0.39, 0.29) is 36.5 Å². The second kappa shape index (κ2) is 8.23. The number of sulfonamides is 1. The molecule has 1 fully saturated rings. The van der Waals surface area contributed by atoms with Gasteiger partial charge >= 0.3 is 6.09 Å². The number of hydrogen-bond acceptors (Lipinski definition) is 7. The van der Waals surface area contributed by atoms with Gasteiger partial charge in [-0.1, -0.05) is 0 Å². The molecule has 0 radical (unpaired) electrons. The van der Waals surface area contributed by atoms with Crippen LogP contribution in [-0.4, -0.2) is 41.8 Å². The Labute approximate surface area is 175 Å². The summed E-state index contributed by atoms with van der Waals surface area (Å²) in [4.78, 5) is 16.1. The average molecular weight is 435 g/mol. The molecule has 2 aliphatic rings. The van der Waals surface area contributed by atoms with Crippen molar-refractivity contribution in [2.75, 3.05) is 5.32 Å². The first-order chi connectivity index (χ1) is 14.3. The van der Waals surface area contributed by atoms with Crippen molar-refractivity contribution in [3.8, 4) is 0 Å². The fraction of sp³-hybridized carbons (Fsp3) is 0.526. The van der Waals surface area contributed by atoms with Gasteiger partial charge < -0.3 is 15.4 Å². The minimum absolute atomic E-state index is 0.0423. The molecule has 30 heavy (non-hydrogen) atoms. The molecule has 0 aromatic carbocycles. The minimum atomic E-state index is -3.35. The van der Waals surface area contributed by atoms with E-state index in [1.54, 1.807) is 12.3 Å². The van der Waals surface area contributed by atoms with Gasteiger partial charge in [-0.3, -0.25) is 10.1 Å². The second-order valence-corrected chi connectivity index (χ2v) is 9.84. The van der Waals surface area contributed by atoms with E-state index >= 15 is 0 Å². The second-order valence-electron chi connectivity index (χ2n) is 8.03. The van der Waals surface area contributed by atoms with Crippen LogP contribution >= 0.6 is 0 Å². The van der Waals surface area contributed by atoms with Gasteiger partial charge in [0.25, 0.3) is 0 Å². The number of ether oxygens (including phenoxy) is 1. The molecule has 3 heterocycles. The van der Waals surface area contributed by atoms with Crippen LogP contribution in [0.15, 0.2) is 18.3 Å². The van der Waals surface area contributed by atoms with Crippen molar-refractivity contribution in [1.29, 1.82) is 0 Å². The number of nitrogens with zero attached hydrogens (tertiary/aromatic N) is 2. The molecule has 2 aromatic heterocycles. The molecule has 0 saturated heterocycles. The number of carbonyl (C=O) groups excluding carboxylic acids is 1. The van der Waals surface area contributed by atoms with E-state index in [4.69, 9.17) is 4.74 Å². The van der Waals surface area contributed by atoms with Crippen LogP contribution in [0.5, 0.6) is 0 Å². The van der Waals surface area contributed by atoms with Crippen molar-refractivity contribution in [3.05, 3.63) is 35.3 Å². The summed E-state index contributed by atoms with van der Waals surface area (Å²) in [7, 11) is -3.35. The van der Waals surface area contributed by atoms with Gasteiger partial charge in [0.1, 0.15) is 6.10 Å². The van der Waals surface area contributed by atoms with Crippen LogP contribution in [0.1, 0.15) is 56.0 Å². The largest absolute Gasteiger partial charge is 0.446 e. The van der Waals surface area contributed by atoms with Crippen molar-refractivity contribution >= 4 is 27.6 Å². The Bertz CT molecular complexity index is 1040. The van der Waals surface area contributed by atoms with Crippen LogP contribution in [0.25, 0.3) is 0 Å². The Balaban J connectivity index is 1.41. The molecule has 1 aliphatic carbocycles. The van der Waals surface area contributed by atoms with Crippen LogP contribution in [0.2, 0.25) is 0 Å². The predicted molar refractivity (Wildman–Crippen MR) is 111 cm³/mol. The lowest BCUT2D eigenvalue weighted by Gasteiger charge is -2.19. The van der Waals surface area contributed by atoms with Gasteiger partial charge in [-0.25, -0.2) is 17.9 Å². The summed E-state index contributed by atoms with van der Waals surface area (Å²) in [5.74, 6) is 0.715. The standard InChI is InChI=1S/C19H26N6O4S/c1-11(2)22-19(26)29-13-4-3-12(7-13)16-8-18(25-24-16)23-15-5-6-20-17-9-21-30(27,28)10-14(15)17/h5-6,8,11-13,21H,3-4,7,9-10H2,1-2H3,(H,22,26)(H2,20,23,24,25)/t12-,13+/m0/s1. The van der Waals surface area contributed by atoms with Gasteiger partial charge in [0.2, 0.25) is 10.0 Å². The number of fused-ring (bicyclic) bond motifs is 1. The first kappa shape index (κ1) is 20.6. The van der Waals surface area contributed by atoms with Gasteiger partial charge in [-0.05, 0) is 39.2 Å². The average Bonchev–Trinajstić information content (AvgIpc) is 3.30. The highest BCUT2D eigenvalue weighted by Gasteiger charge is 2.30. The molecular weight excluding hydrogens is 408 g/mol. The molecule has 1 saturated carbocycles. The zero-order valence-electron chi connectivity index (χ0n) is 16.9. The maximum Gasteiger partial charge on any atom is 0.407 e. The summed E-state index contributed by atoms with van der Waals surface area (Å²) in [6, 6.07) is 3.71. The van der Waals surface area contributed by atoms with Gasteiger partial charge in [-0.2, -0.15) is 5.10 Å². The third-order valence-corrected chi connectivity index (χ3v) is 6.56. The van der Waals surface area contributed by atoms with Crippen LogP contribution in [0.3, 0.4) is 0 Å². The maximum absolute atomic E-state index is 11.9. The highest BCUT2D eigenvalue weighted by atomic mass is 32.2. The zero-order chi connectivity index (χ0) is 21.3. The number of pyridine rings is 1. The Morgan fingerprint density at radius 2 is 2.17 bits per heavy atom. The number of rotatable bonds is 5. The summed E-state index contributed by atoms with van der Waals surface area (Å²) in [5, 5.41) is 13.3. The van der Waals surface area contributed by atoms with Crippen LogP contribution in [0, 0.1) is 0 Å². The van der Waals surface area contributed by atoms with Crippen molar-refractivity contribution < 1.29 is 17.9 Å². The molecule has 1 amide bonds. The molecule has 4 rings (SSSR count). The van der Waals surface area contributed by atoms with Crippen LogP contribution < -0.4 is 15.4 Å². The monoisotopic (exact) mass is 434 g/mol. The van der Waals surface area contributed by atoms with E-state index in [1.807, 2.05) is 19.9 Å². The number of amides is 1. The Morgan fingerprint density at radius 1 is 1.33 bits per heavy atom. The SMILES string of the molecule is CC(C)NC(=O)O[C@@H]1CC[C@H](c2cc(Nc3ccnc4c3CS(=O)(=O)NC4)n[nH]2)C1. The van der Waals surface area contributed by atoms with Gasteiger partial charge in [-0.15, -0.1) is 0 Å². The molecule has 11 heteroatoms. The minimum Gasteiger partial charge on any atom is -0.446 e. The van der Waals surface area contributed by atoms with Gasteiger partial charge in [0, 0.05) is 41.2 Å². The highest BCUT2D eigenvalue weighted by Crippen LogP contribution is 2.36. The number of nitrogens with one attached hydrogen (secondary N) is 4. The highest BCUT2D eigenvalue weighted by molar-refractivity contribution is 7.88. The van der Waals surface area contributed by atoms with E-state index in [2.05, 4.69) is 30.5 Å². The lowest BCUT2D eigenvalue weighted by molar-refractivity contribution is 0.0981. The van der Waals surface area contributed by atoms with Crippen molar-refractivity contribution in [2.24, 2.45) is 0 Å². The number of aromatic amines is 1. The summed E-state index contributed by atoms with van der Waals surface area (Å²) >= 11 is 0. The lowest BCUT2D eigenvalue weighted by atomic mass is 10.0. The first-order valence-corrected chi connectivity index (χ1v) is 11.7. The Morgan fingerprint density at radius 3 is 2.97 bits per heavy atom. The van der Waals surface area contributed by atoms with E-state index in [1.165, 1.54) is 0 Å². The Kier molecular flexibility index (Phi) is 5.65. The quantitative estimate of drug-likeness (QED) is 0.566. The maximum atomic E-state index is 11.9. The number of anilines is 2. The molecule has 2 aromatic rings. The molecule has 0 bridgehead atoms. The van der Waals surface area contributed by atoms with Crippen molar-refractivity contribution in [1.82, 2.24) is 25.2 Å². The van der Waals surface area contributed by atoms with E-state index < -0.39 is 10.0 Å². The van der Waals surface area contributed by atoms with Gasteiger partial charge in [0.15, 0.2) is 5.82 Å². The molecule has 162 valence electrons. The molecule has 0 unspecified atom stereocenters. The van der Waals surface area contributed by atoms with Crippen molar-refractivity contribution in [2.45, 2.75) is 63.5 Å². The van der Waals surface area contributed by atoms with Crippen molar-refractivity contribution in [3.63, 3.8) is 0 Å². The summed E-state index contributed by atoms with van der Waals surface area (Å²) in [5.41, 5.74) is 3.01. The topological polar surface area (TPSA) is 138 Å². The molecule has 2 atom stereocenters. The predicted octanol–water partition coefficient (Wildman–Crippen LogP) is 2.25. The summed E-state index contributed by atoms with van der Waals surface area (Å²) in [6.07, 6.45) is 3.60. The van der Waals surface area contributed by atoms with E-state index in [9.17, 15) is 13.2 Å². The number of H-pyrrole nitrogens is 1. The van der Waals surface area contributed by atoms with E-state index in [0.29, 0.717) is 22.8 Å². The fourth-order valence-corrected chi connectivity index (χ4v) is 5.04.